The topological polar surface area (TPSA) is 112 Å². The number of nitrogens with two attached hydrogens (primary N) is 1. The Bertz CT molecular complexity index is 1080. The Morgan fingerprint density at radius 1 is 1.21 bits per heavy atom. The predicted octanol–water partition coefficient (Wildman–Crippen LogP) is 1.42. The number of nitrogen functional groups attached to an aromatic ring is 1. The molecular formula is C21H22N4O3. The third-order valence-electron chi connectivity index (χ3n) is 5.28. The van der Waals surface area contributed by atoms with Crippen LogP contribution in [0.2, 0.25) is 0 Å². The van der Waals surface area contributed by atoms with Crippen LogP contribution in [0, 0.1) is 0 Å². The number of aromatic amines is 1. The number of fused-ring (bicyclic) bond motifs is 1. The number of likely N-dealkylation sites (tertiary alicyclic amines) is 1. The van der Waals surface area contributed by atoms with Gasteiger partial charge in [0.2, 0.25) is 11.9 Å². The fourth-order valence-corrected chi connectivity index (χ4v) is 3.87. The molecule has 1 aliphatic heterocycles. The van der Waals surface area contributed by atoms with Crippen LogP contribution in [0.4, 0.5) is 5.95 Å². The number of H-pyrrole nitrogens is 1. The lowest BCUT2D eigenvalue weighted by Gasteiger charge is -2.36. The van der Waals surface area contributed by atoms with Crippen LogP contribution >= 0.6 is 0 Å². The van der Waals surface area contributed by atoms with E-state index in [4.69, 9.17) is 5.73 Å². The van der Waals surface area contributed by atoms with Crippen molar-refractivity contribution >= 4 is 22.6 Å². The van der Waals surface area contributed by atoms with Crippen LogP contribution in [0.5, 0.6) is 0 Å². The molecule has 0 aliphatic carbocycles. The van der Waals surface area contributed by atoms with Crippen LogP contribution in [0.15, 0.2) is 53.3 Å². The molecule has 2 aromatic carbocycles. The van der Waals surface area contributed by atoms with Gasteiger partial charge in [0.1, 0.15) is 0 Å². The molecular weight excluding hydrogens is 356 g/mol. The van der Waals surface area contributed by atoms with Crippen LogP contribution < -0.4 is 11.3 Å². The van der Waals surface area contributed by atoms with Crippen LogP contribution in [-0.4, -0.2) is 45.1 Å². The van der Waals surface area contributed by atoms with Gasteiger partial charge >= 0.3 is 0 Å². The molecule has 0 spiro atoms. The number of carbonyl (C=O) groups is 1. The van der Waals surface area contributed by atoms with Gasteiger partial charge in [-0.25, -0.2) is 4.98 Å². The molecule has 3 aromatic rings. The van der Waals surface area contributed by atoms with Gasteiger partial charge in [-0.05, 0) is 22.8 Å². The highest BCUT2D eigenvalue weighted by Crippen LogP contribution is 2.30. The molecule has 1 aromatic heterocycles. The summed E-state index contributed by atoms with van der Waals surface area (Å²) in [5.41, 5.74) is 6.56. The molecule has 1 aliphatic rings. The first-order valence-corrected chi connectivity index (χ1v) is 9.30. The van der Waals surface area contributed by atoms with E-state index in [1.807, 2.05) is 12.1 Å². The van der Waals surface area contributed by atoms with Gasteiger partial charge in [0, 0.05) is 25.1 Å². The summed E-state index contributed by atoms with van der Waals surface area (Å²) in [4.78, 5) is 32.0. The Morgan fingerprint density at radius 2 is 2.00 bits per heavy atom. The summed E-state index contributed by atoms with van der Waals surface area (Å²) in [5, 5.41) is 13.0. The number of hydrogen-bond donors (Lipinski definition) is 3. The quantitative estimate of drug-likeness (QED) is 0.638. The van der Waals surface area contributed by atoms with Gasteiger partial charge in [0.25, 0.3) is 5.56 Å². The third kappa shape index (κ3) is 3.75. The Kier molecular flexibility index (Phi) is 4.83. The fraction of sp³-hybridized carbons (Fsp3) is 0.286. The van der Waals surface area contributed by atoms with E-state index in [1.54, 1.807) is 4.90 Å². The van der Waals surface area contributed by atoms with Crippen molar-refractivity contribution in [2.75, 3.05) is 18.8 Å². The summed E-state index contributed by atoms with van der Waals surface area (Å²) in [6.07, 6.45) is 0.0218. The van der Waals surface area contributed by atoms with E-state index in [9.17, 15) is 14.7 Å². The number of nitrogens with zero attached hydrogens (tertiary/aromatic N) is 2. The summed E-state index contributed by atoms with van der Waals surface area (Å²) in [5.74, 6) is -0.194. The van der Waals surface area contributed by atoms with Crippen LogP contribution in [0.25, 0.3) is 10.8 Å². The lowest BCUT2D eigenvalue weighted by molar-refractivity contribution is -0.134. The van der Waals surface area contributed by atoms with Crippen LogP contribution in [-0.2, 0) is 11.2 Å². The predicted molar refractivity (Wildman–Crippen MR) is 107 cm³/mol. The first kappa shape index (κ1) is 18.2. The highest BCUT2D eigenvalue weighted by Gasteiger charge is 2.31. The summed E-state index contributed by atoms with van der Waals surface area (Å²) in [6, 6.07) is 15.6. The Balaban J connectivity index is 1.45. The van der Waals surface area contributed by atoms with Crippen molar-refractivity contribution in [2.45, 2.75) is 24.9 Å². The Labute approximate surface area is 161 Å². The lowest BCUT2D eigenvalue weighted by atomic mass is 9.86. The van der Waals surface area contributed by atoms with E-state index in [2.05, 4.69) is 40.3 Å². The minimum absolute atomic E-state index is 0.00894. The van der Waals surface area contributed by atoms with Gasteiger partial charge in [-0.15, -0.1) is 0 Å². The number of benzene rings is 2. The van der Waals surface area contributed by atoms with Crippen molar-refractivity contribution in [3.8, 4) is 0 Å². The van der Waals surface area contributed by atoms with Gasteiger partial charge in [-0.3, -0.25) is 14.6 Å². The molecule has 144 valence electrons. The molecule has 0 bridgehead atoms. The molecule has 2 heterocycles. The molecule has 0 unspecified atom stereocenters. The monoisotopic (exact) mass is 378 g/mol. The number of rotatable bonds is 3. The SMILES string of the molecule is Nc1nc(CC(=O)N2CC[C@@H](c3ccc4ccccc4c3)[C@H](O)C2)cc(=O)[nH]1. The first-order chi connectivity index (χ1) is 13.5. The second-order valence-electron chi connectivity index (χ2n) is 7.21. The zero-order valence-corrected chi connectivity index (χ0v) is 15.3. The van der Waals surface area contributed by atoms with Crippen LogP contribution in [0.3, 0.4) is 0 Å². The standard InChI is InChI=1S/C21H22N4O3/c22-21-23-16(10-19(27)24-21)11-20(28)25-8-7-17(18(26)12-25)15-6-5-13-3-1-2-4-14(13)9-15/h1-6,9-10,17-18,26H,7-8,11-12H2,(H3,22,23,24,27)/t17-,18+/m0/s1. The van der Waals surface area contributed by atoms with Crippen molar-refractivity contribution in [3.63, 3.8) is 0 Å². The van der Waals surface area contributed by atoms with Gasteiger partial charge in [-0.1, -0.05) is 42.5 Å². The minimum atomic E-state index is -0.643. The normalized spacial score (nSPS) is 19.7. The minimum Gasteiger partial charge on any atom is -0.391 e. The highest BCUT2D eigenvalue weighted by molar-refractivity contribution is 5.83. The summed E-state index contributed by atoms with van der Waals surface area (Å²) >= 11 is 0. The Morgan fingerprint density at radius 3 is 2.75 bits per heavy atom. The molecule has 2 atom stereocenters. The van der Waals surface area contributed by atoms with Crippen LogP contribution in [0.1, 0.15) is 23.6 Å². The highest BCUT2D eigenvalue weighted by atomic mass is 16.3. The second-order valence-corrected chi connectivity index (χ2v) is 7.21. The number of nitrogens with one attached hydrogen (secondary N) is 1. The van der Waals surface area contributed by atoms with Gasteiger partial charge in [-0.2, -0.15) is 0 Å². The summed E-state index contributed by atoms with van der Waals surface area (Å²) < 4.78 is 0. The zero-order chi connectivity index (χ0) is 19.7. The van der Waals surface area contributed by atoms with Crippen molar-refractivity contribution in [1.82, 2.24) is 14.9 Å². The second kappa shape index (κ2) is 7.44. The molecule has 0 saturated carbocycles. The fourth-order valence-electron chi connectivity index (χ4n) is 3.87. The molecule has 1 fully saturated rings. The van der Waals surface area contributed by atoms with E-state index in [-0.39, 0.29) is 36.3 Å². The molecule has 4 N–H and O–H groups in total. The van der Waals surface area contributed by atoms with E-state index in [0.717, 1.165) is 16.3 Å². The molecule has 7 heteroatoms. The lowest BCUT2D eigenvalue weighted by Crippen LogP contribution is -2.46. The zero-order valence-electron chi connectivity index (χ0n) is 15.3. The molecule has 1 saturated heterocycles. The van der Waals surface area contributed by atoms with E-state index in [1.165, 1.54) is 6.07 Å². The van der Waals surface area contributed by atoms with E-state index in [0.29, 0.717) is 18.7 Å². The molecule has 1 amide bonds. The van der Waals surface area contributed by atoms with Gasteiger partial charge in [0.05, 0.1) is 18.2 Å². The van der Waals surface area contributed by atoms with Crippen molar-refractivity contribution in [2.24, 2.45) is 0 Å². The Hall–Kier alpha value is -3.19. The summed E-state index contributed by atoms with van der Waals surface area (Å²) in [6.45, 7) is 0.807. The van der Waals surface area contributed by atoms with Crippen molar-refractivity contribution in [1.29, 1.82) is 0 Å². The number of hydrogen-bond acceptors (Lipinski definition) is 5. The molecule has 0 radical (unpaired) electrons. The number of aliphatic hydroxyl groups excluding tert-OH is 1. The van der Waals surface area contributed by atoms with E-state index >= 15 is 0 Å². The number of anilines is 1. The number of aromatic nitrogens is 2. The molecule has 4 rings (SSSR count). The maximum Gasteiger partial charge on any atom is 0.252 e. The van der Waals surface area contributed by atoms with Gasteiger partial charge < -0.3 is 15.7 Å². The average Bonchev–Trinajstić information content (AvgIpc) is 2.66. The average molecular weight is 378 g/mol. The number of aliphatic hydroxyl groups is 1. The smallest absolute Gasteiger partial charge is 0.252 e. The first-order valence-electron chi connectivity index (χ1n) is 9.30. The van der Waals surface area contributed by atoms with Crippen molar-refractivity contribution < 1.29 is 9.90 Å². The summed E-state index contributed by atoms with van der Waals surface area (Å²) in [7, 11) is 0. The number of β-amino-alcohol motifs (C(OH)–C–C–N with tert-alkyl or cyclic N) is 1. The van der Waals surface area contributed by atoms with Gasteiger partial charge in [0.15, 0.2) is 0 Å². The number of carbonyl (C=O) groups excluding carboxylic acids is 1. The third-order valence-corrected chi connectivity index (χ3v) is 5.28. The molecule has 28 heavy (non-hydrogen) atoms. The maximum atomic E-state index is 12.6. The van der Waals surface area contributed by atoms with Crippen molar-refractivity contribution in [3.05, 3.63) is 70.1 Å². The van der Waals surface area contributed by atoms with E-state index < -0.39 is 6.10 Å². The molecule has 7 nitrogen and oxygen atoms in total. The largest absolute Gasteiger partial charge is 0.391 e. The number of amides is 1. The number of piperidine rings is 1. The maximum absolute atomic E-state index is 12.6.